The van der Waals surface area contributed by atoms with Crippen LogP contribution in [0.2, 0.25) is 0 Å². The van der Waals surface area contributed by atoms with E-state index in [0.29, 0.717) is 12.5 Å². The Morgan fingerprint density at radius 2 is 2.11 bits per heavy atom. The van der Waals surface area contributed by atoms with Crippen molar-refractivity contribution in [1.29, 1.82) is 0 Å². The van der Waals surface area contributed by atoms with E-state index in [4.69, 9.17) is 0 Å². The molecular formula is C13H27NO3S. The van der Waals surface area contributed by atoms with Crippen molar-refractivity contribution >= 4 is 9.84 Å². The Kier molecular flexibility index (Phi) is 5.62. The third kappa shape index (κ3) is 5.24. The molecule has 0 aromatic rings. The van der Waals surface area contributed by atoms with Crippen LogP contribution < -0.4 is 0 Å². The van der Waals surface area contributed by atoms with Gasteiger partial charge >= 0.3 is 0 Å². The average Bonchev–Trinajstić information content (AvgIpc) is 2.25. The number of nitrogens with zero attached hydrogens (tertiary/aromatic N) is 1. The number of hydrogen-bond donors (Lipinski definition) is 1. The fourth-order valence-electron chi connectivity index (χ4n) is 3.08. The molecule has 108 valence electrons. The van der Waals surface area contributed by atoms with Gasteiger partial charge in [-0.05, 0) is 25.8 Å². The van der Waals surface area contributed by atoms with Crippen molar-refractivity contribution in [2.45, 2.75) is 32.6 Å². The molecule has 1 aliphatic rings. The minimum atomic E-state index is -2.90. The predicted octanol–water partition coefficient (Wildman–Crippen LogP) is 1.15. The Bertz CT molecular complexity index is 355. The highest BCUT2D eigenvalue weighted by atomic mass is 32.2. The van der Waals surface area contributed by atoms with E-state index in [9.17, 15) is 13.5 Å². The summed E-state index contributed by atoms with van der Waals surface area (Å²) in [5.74, 6) is 0.856. The van der Waals surface area contributed by atoms with Gasteiger partial charge in [-0.2, -0.15) is 0 Å². The lowest BCUT2D eigenvalue weighted by atomic mass is 9.70. The monoisotopic (exact) mass is 277 g/mol. The molecule has 0 aliphatic heterocycles. The van der Waals surface area contributed by atoms with E-state index in [1.54, 1.807) is 0 Å². The van der Waals surface area contributed by atoms with E-state index in [0.717, 1.165) is 19.4 Å². The topological polar surface area (TPSA) is 57.6 Å². The highest BCUT2D eigenvalue weighted by molar-refractivity contribution is 7.90. The molecule has 0 bridgehead atoms. The Hall–Kier alpha value is -0.130. The highest BCUT2D eigenvalue weighted by Crippen LogP contribution is 2.39. The first-order chi connectivity index (χ1) is 8.26. The van der Waals surface area contributed by atoms with Crippen LogP contribution in [0.4, 0.5) is 0 Å². The number of hydrogen-bond acceptors (Lipinski definition) is 4. The van der Waals surface area contributed by atoms with Crippen molar-refractivity contribution in [3.63, 3.8) is 0 Å². The molecule has 18 heavy (non-hydrogen) atoms. The maximum absolute atomic E-state index is 11.2. The molecular weight excluding hydrogens is 250 g/mol. The van der Waals surface area contributed by atoms with E-state index < -0.39 is 9.84 Å². The first-order valence-corrected chi connectivity index (χ1v) is 8.79. The molecule has 5 heteroatoms. The Balaban J connectivity index is 2.51. The van der Waals surface area contributed by atoms with Gasteiger partial charge in [0.2, 0.25) is 0 Å². The highest BCUT2D eigenvalue weighted by Gasteiger charge is 2.35. The van der Waals surface area contributed by atoms with E-state index in [1.165, 1.54) is 19.1 Å². The average molecular weight is 277 g/mol. The molecule has 0 aromatic carbocycles. The molecule has 0 amide bonds. The lowest BCUT2D eigenvalue weighted by Gasteiger charge is -2.41. The van der Waals surface area contributed by atoms with Crippen LogP contribution in [0.25, 0.3) is 0 Å². The van der Waals surface area contributed by atoms with Crippen molar-refractivity contribution < 1.29 is 13.5 Å². The standard InChI is InChI=1S/C13H27NO3S/c1-12-5-4-6-13(9-12,11-15)10-14(2)7-8-18(3,16)17/h12,15H,4-11H2,1-3H3. The summed E-state index contributed by atoms with van der Waals surface area (Å²) in [7, 11) is -0.955. The summed E-state index contributed by atoms with van der Waals surface area (Å²) in [6.45, 7) is 3.79. The second-order valence-corrected chi connectivity index (χ2v) is 8.49. The molecule has 1 aliphatic carbocycles. The second-order valence-electron chi connectivity index (χ2n) is 6.23. The van der Waals surface area contributed by atoms with Crippen LogP contribution in [0.1, 0.15) is 32.6 Å². The summed E-state index contributed by atoms with van der Waals surface area (Å²) in [6, 6.07) is 0. The summed E-state index contributed by atoms with van der Waals surface area (Å²) < 4.78 is 22.3. The SMILES string of the molecule is CC1CCCC(CO)(CN(C)CCS(C)(=O)=O)C1. The van der Waals surface area contributed by atoms with Gasteiger partial charge in [0, 0.05) is 31.4 Å². The Labute approximate surface area is 111 Å². The molecule has 1 fully saturated rings. The Morgan fingerprint density at radius 3 is 2.61 bits per heavy atom. The van der Waals surface area contributed by atoms with Gasteiger partial charge in [-0.1, -0.05) is 19.8 Å². The fraction of sp³-hybridized carbons (Fsp3) is 1.00. The third-order valence-electron chi connectivity index (χ3n) is 3.97. The molecule has 0 heterocycles. The lowest BCUT2D eigenvalue weighted by Crippen LogP contribution is -2.42. The number of aliphatic hydroxyl groups is 1. The van der Waals surface area contributed by atoms with Crippen LogP contribution >= 0.6 is 0 Å². The molecule has 4 nitrogen and oxygen atoms in total. The van der Waals surface area contributed by atoms with Gasteiger partial charge in [0.25, 0.3) is 0 Å². The van der Waals surface area contributed by atoms with E-state index >= 15 is 0 Å². The third-order valence-corrected chi connectivity index (χ3v) is 4.89. The summed E-state index contributed by atoms with van der Waals surface area (Å²) >= 11 is 0. The fourth-order valence-corrected chi connectivity index (χ4v) is 3.72. The summed E-state index contributed by atoms with van der Waals surface area (Å²) in [6.07, 6.45) is 5.78. The first kappa shape index (κ1) is 15.9. The van der Waals surface area contributed by atoms with E-state index in [1.807, 2.05) is 7.05 Å². The zero-order valence-electron chi connectivity index (χ0n) is 11.9. The van der Waals surface area contributed by atoms with Crippen LogP contribution in [-0.2, 0) is 9.84 Å². The van der Waals surface area contributed by atoms with Gasteiger partial charge < -0.3 is 10.0 Å². The van der Waals surface area contributed by atoms with Crippen LogP contribution in [-0.4, -0.2) is 57.2 Å². The summed E-state index contributed by atoms with van der Waals surface area (Å²) in [5.41, 5.74) is -0.0239. The lowest BCUT2D eigenvalue weighted by molar-refractivity contribution is 0.0324. The first-order valence-electron chi connectivity index (χ1n) is 6.73. The molecule has 0 spiro atoms. The van der Waals surface area contributed by atoms with Crippen molar-refractivity contribution in [3.8, 4) is 0 Å². The van der Waals surface area contributed by atoms with Crippen molar-refractivity contribution in [3.05, 3.63) is 0 Å². The summed E-state index contributed by atoms with van der Waals surface area (Å²) in [5, 5.41) is 9.69. The van der Waals surface area contributed by atoms with Crippen LogP contribution in [0, 0.1) is 11.3 Å². The van der Waals surface area contributed by atoms with Gasteiger partial charge in [0.1, 0.15) is 9.84 Å². The molecule has 2 atom stereocenters. The molecule has 2 unspecified atom stereocenters. The number of sulfone groups is 1. The maximum Gasteiger partial charge on any atom is 0.148 e. The molecule has 0 saturated heterocycles. The van der Waals surface area contributed by atoms with Crippen molar-refractivity contribution in [2.24, 2.45) is 11.3 Å². The Morgan fingerprint density at radius 1 is 1.44 bits per heavy atom. The quantitative estimate of drug-likeness (QED) is 0.791. The van der Waals surface area contributed by atoms with Gasteiger partial charge in [-0.15, -0.1) is 0 Å². The minimum Gasteiger partial charge on any atom is -0.396 e. The second kappa shape index (κ2) is 6.35. The van der Waals surface area contributed by atoms with E-state index in [-0.39, 0.29) is 17.8 Å². The van der Waals surface area contributed by atoms with Crippen LogP contribution in [0.3, 0.4) is 0 Å². The zero-order chi connectivity index (χ0) is 13.8. The van der Waals surface area contributed by atoms with Crippen LogP contribution in [0.5, 0.6) is 0 Å². The van der Waals surface area contributed by atoms with Gasteiger partial charge in [-0.3, -0.25) is 0 Å². The van der Waals surface area contributed by atoms with Crippen molar-refractivity contribution in [2.75, 3.05) is 38.8 Å². The smallest absolute Gasteiger partial charge is 0.148 e. The minimum absolute atomic E-state index is 0.0239. The number of aliphatic hydroxyl groups excluding tert-OH is 1. The normalized spacial score (nSPS) is 29.7. The number of rotatable bonds is 6. The molecule has 1 rings (SSSR count). The van der Waals surface area contributed by atoms with Gasteiger partial charge in [0.05, 0.1) is 5.75 Å². The maximum atomic E-state index is 11.2. The summed E-state index contributed by atoms with van der Waals surface area (Å²) in [4.78, 5) is 2.05. The van der Waals surface area contributed by atoms with Gasteiger partial charge in [0.15, 0.2) is 0 Å². The zero-order valence-corrected chi connectivity index (χ0v) is 12.7. The molecule has 0 radical (unpaired) electrons. The molecule has 1 saturated carbocycles. The predicted molar refractivity (Wildman–Crippen MR) is 74.4 cm³/mol. The molecule has 1 N–H and O–H groups in total. The van der Waals surface area contributed by atoms with Crippen LogP contribution in [0.15, 0.2) is 0 Å². The van der Waals surface area contributed by atoms with Crippen molar-refractivity contribution in [1.82, 2.24) is 4.90 Å². The largest absolute Gasteiger partial charge is 0.396 e. The van der Waals surface area contributed by atoms with Gasteiger partial charge in [-0.25, -0.2) is 8.42 Å². The molecule has 0 aromatic heterocycles. The van der Waals surface area contributed by atoms with E-state index in [2.05, 4.69) is 11.8 Å².